The zero-order valence-electron chi connectivity index (χ0n) is 9.97. The van der Waals surface area contributed by atoms with Crippen LogP contribution in [0.5, 0.6) is 5.75 Å². The van der Waals surface area contributed by atoms with Gasteiger partial charge in [0, 0.05) is 11.8 Å². The van der Waals surface area contributed by atoms with Gasteiger partial charge in [0.15, 0.2) is 0 Å². The van der Waals surface area contributed by atoms with Crippen molar-refractivity contribution in [1.82, 2.24) is 9.97 Å². The van der Waals surface area contributed by atoms with E-state index < -0.39 is 0 Å². The lowest BCUT2D eigenvalue weighted by atomic mass is 10.2. The molecule has 0 aliphatic rings. The number of aromatic amines is 1. The number of rotatable bonds is 4. The molecular formula is C13H15N3O. The van der Waals surface area contributed by atoms with Crippen LogP contribution in [0.15, 0.2) is 41.8 Å². The highest BCUT2D eigenvalue weighted by atomic mass is 16.5. The van der Waals surface area contributed by atoms with Crippen LogP contribution in [0.2, 0.25) is 0 Å². The number of hydrogen-bond acceptors (Lipinski definition) is 3. The Morgan fingerprint density at radius 2 is 2.24 bits per heavy atom. The van der Waals surface area contributed by atoms with E-state index in [1.54, 1.807) is 13.4 Å². The van der Waals surface area contributed by atoms with Crippen molar-refractivity contribution in [2.45, 2.75) is 13.5 Å². The van der Waals surface area contributed by atoms with E-state index in [9.17, 15) is 0 Å². The summed E-state index contributed by atoms with van der Waals surface area (Å²) >= 11 is 0. The molecule has 0 amide bonds. The molecule has 4 nitrogen and oxygen atoms in total. The van der Waals surface area contributed by atoms with E-state index in [0.29, 0.717) is 6.54 Å². The number of aromatic nitrogens is 2. The van der Waals surface area contributed by atoms with Gasteiger partial charge in [-0.25, -0.2) is 4.98 Å². The first-order valence-corrected chi connectivity index (χ1v) is 5.43. The van der Waals surface area contributed by atoms with E-state index >= 15 is 0 Å². The Kier molecular flexibility index (Phi) is 3.55. The highest BCUT2D eigenvalue weighted by Crippen LogP contribution is 2.18. The van der Waals surface area contributed by atoms with Crippen molar-refractivity contribution >= 4 is 5.71 Å². The summed E-state index contributed by atoms with van der Waals surface area (Å²) in [6, 6.07) is 7.89. The SMILES string of the molecule is COc1ccccc1CN=C(C)c1c[nH]cn1. The Balaban J connectivity index is 2.14. The lowest BCUT2D eigenvalue weighted by molar-refractivity contribution is 0.410. The number of hydrogen-bond donors (Lipinski definition) is 1. The quantitative estimate of drug-likeness (QED) is 0.818. The van der Waals surface area contributed by atoms with Gasteiger partial charge in [0.2, 0.25) is 0 Å². The normalized spacial score (nSPS) is 11.5. The molecule has 2 rings (SSSR count). The number of methoxy groups -OCH3 is 1. The molecule has 17 heavy (non-hydrogen) atoms. The van der Waals surface area contributed by atoms with E-state index in [0.717, 1.165) is 22.7 Å². The number of nitrogens with zero attached hydrogens (tertiary/aromatic N) is 2. The molecule has 0 bridgehead atoms. The molecule has 0 saturated heterocycles. The topological polar surface area (TPSA) is 50.3 Å². The van der Waals surface area contributed by atoms with E-state index in [-0.39, 0.29) is 0 Å². The first-order valence-electron chi connectivity index (χ1n) is 5.43. The van der Waals surface area contributed by atoms with Gasteiger partial charge in [0.25, 0.3) is 0 Å². The molecule has 0 spiro atoms. The molecule has 0 unspecified atom stereocenters. The Morgan fingerprint density at radius 3 is 2.94 bits per heavy atom. The summed E-state index contributed by atoms with van der Waals surface area (Å²) in [7, 11) is 1.67. The third-order valence-corrected chi connectivity index (χ3v) is 2.55. The van der Waals surface area contributed by atoms with Gasteiger partial charge in [-0.1, -0.05) is 18.2 Å². The van der Waals surface area contributed by atoms with Gasteiger partial charge in [0.05, 0.1) is 25.7 Å². The standard InChI is InChI=1S/C13H15N3O/c1-10(12-8-14-9-16-12)15-7-11-5-3-4-6-13(11)17-2/h3-6,8-9H,7H2,1-2H3,(H,14,16). The number of ether oxygens (including phenoxy) is 1. The summed E-state index contributed by atoms with van der Waals surface area (Å²) in [4.78, 5) is 11.6. The molecule has 4 heteroatoms. The first kappa shape index (κ1) is 11.4. The van der Waals surface area contributed by atoms with Crippen molar-refractivity contribution in [3.05, 3.63) is 48.0 Å². The monoisotopic (exact) mass is 229 g/mol. The maximum absolute atomic E-state index is 5.28. The number of imidazole rings is 1. The first-order chi connectivity index (χ1) is 8.31. The molecular weight excluding hydrogens is 214 g/mol. The predicted molar refractivity (Wildman–Crippen MR) is 67.5 cm³/mol. The Hall–Kier alpha value is -2.10. The smallest absolute Gasteiger partial charge is 0.123 e. The molecule has 0 atom stereocenters. The fraction of sp³-hybridized carbons (Fsp3) is 0.231. The second-order valence-electron chi connectivity index (χ2n) is 3.67. The van der Waals surface area contributed by atoms with Gasteiger partial charge in [-0.2, -0.15) is 0 Å². The summed E-state index contributed by atoms with van der Waals surface area (Å²) in [6.45, 7) is 2.55. The second kappa shape index (κ2) is 5.30. The van der Waals surface area contributed by atoms with Crippen LogP contribution in [0.25, 0.3) is 0 Å². The van der Waals surface area contributed by atoms with Crippen LogP contribution >= 0.6 is 0 Å². The minimum absolute atomic E-state index is 0.600. The molecule has 1 heterocycles. The molecule has 2 aromatic rings. The Morgan fingerprint density at radius 1 is 1.41 bits per heavy atom. The zero-order valence-corrected chi connectivity index (χ0v) is 9.97. The predicted octanol–water partition coefficient (Wildman–Crippen LogP) is 2.43. The average Bonchev–Trinajstić information content (AvgIpc) is 2.90. The highest BCUT2D eigenvalue weighted by Gasteiger charge is 2.02. The summed E-state index contributed by atoms with van der Waals surface area (Å²) in [6.07, 6.45) is 3.48. The maximum Gasteiger partial charge on any atom is 0.123 e. The molecule has 0 aliphatic carbocycles. The summed E-state index contributed by atoms with van der Waals surface area (Å²) < 4.78 is 5.28. The van der Waals surface area contributed by atoms with Crippen LogP contribution in [-0.4, -0.2) is 22.8 Å². The minimum atomic E-state index is 0.600. The van der Waals surface area contributed by atoms with Crippen LogP contribution in [0.3, 0.4) is 0 Å². The van der Waals surface area contributed by atoms with Crippen molar-refractivity contribution in [2.24, 2.45) is 4.99 Å². The highest BCUT2D eigenvalue weighted by molar-refractivity contribution is 5.96. The van der Waals surface area contributed by atoms with Crippen molar-refractivity contribution in [3.8, 4) is 5.75 Å². The lowest BCUT2D eigenvalue weighted by Gasteiger charge is -2.05. The Bertz CT molecular complexity index is 503. The van der Waals surface area contributed by atoms with Gasteiger partial charge in [-0.15, -0.1) is 0 Å². The number of H-pyrrole nitrogens is 1. The minimum Gasteiger partial charge on any atom is -0.496 e. The van der Waals surface area contributed by atoms with Gasteiger partial charge in [-0.3, -0.25) is 4.99 Å². The lowest BCUT2D eigenvalue weighted by Crippen LogP contribution is -1.97. The van der Waals surface area contributed by atoms with Crippen molar-refractivity contribution in [3.63, 3.8) is 0 Å². The summed E-state index contributed by atoms with van der Waals surface area (Å²) in [5.74, 6) is 0.867. The molecule has 0 aliphatic heterocycles. The Labute approximate surface area is 100 Å². The molecule has 0 radical (unpaired) electrons. The van der Waals surface area contributed by atoms with Crippen LogP contribution in [-0.2, 0) is 6.54 Å². The second-order valence-corrected chi connectivity index (χ2v) is 3.67. The van der Waals surface area contributed by atoms with Crippen molar-refractivity contribution in [2.75, 3.05) is 7.11 Å². The average molecular weight is 229 g/mol. The third kappa shape index (κ3) is 2.72. The summed E-state index contributed by atoms with van der Waals surface area (Å²) in [5, 5.41) is 0. The molecule has 1 aromatic carbocycles. The van der Waals surface area contributed by atoms with E-state index in [1.165, 1.54) is 0 Å². The molecule has 0 saturated carbocycles. The zero-order chi connectivity index (χ0) is 12.1. The maximum atomic E-state index is 5.28. The van der Waals surface area contributed by atoms with Crippen LogP contribution in [0.4, 0.5) is 0 Å². The van der Waals surface area contributed by atoms with E-state index in [2.05, 4.69) is 15.0 Å². The van der Waals surface area contributed by atoms with Crippen molar-refractivity contribution < 1.29 is 4.74 Å². The number of para-hydroxylation sites is 1. The van der Waals surface area contributed by atoms with Gasteiger partial charge < -0.3 is 9.72 Å². The van der Waals surface area contributed by atoms with Crippen molar-refractivity contribution in [1.29, 1.82) is 0 Å². The number of nitrogens with one attached hydrogen (secondary N) is 1. The molecule has 1 N–H and O–H groups in total. The fourth-order valence-corrected chi connectivity index (χ4v) is 1.58. The van der Waals surface area contributed by atoms with Gasteiger partial charge in [0.1, 0.15) is 11.4 Å². The van der Waals surface area contributed by atoms with Crippen LogP contribution in [0, 0.1) is 0 Å². The van der Waals surface area contributed by atoms with E-state index in [4.69, 9.17) is 4.74 Å². The number of aliphatic imine (C=N–C) groups is 1. The molecule has 1 aromatic heterocycles. The molecule has 88 valence electrons. The summed E-state index contributed by atoms with van der Waals surface area (Å²) in [5.41, 5.74) is 2.86. The van der Waals surface area contributed by atoms with Crippen LogP contribution in [0.1, 0.15) is 18.2 Å². The van der Waals surface area contributed by atoms with Gasteiger partial charge >= 0.3 is 0 Å². The van der Waals surface area contributed by atoms with Gasteiger partial charge in [-0.05, 0) is 13.0 Å². The fourth-order valence-electron chi connectivity index (χ4n) is 1.58. The third-order valence-electron chi connectivity index (χ3n) is 2.55. The van der Waals surface area contributed by atoms with Crippen LogP contribution < -0.4 is 4.74 Å². The molecule has 0 fully saturated rings. The number of benzene rings is 1. The largest absolute Gasteiger partial charge is 0.496 e. The van der Waals surface area contributed by atoms with E-state index in [1.807, 2.05) is 37.4 Å².